The van der Waals surface area contributed by atoms with Gasteiger partial charge in [0.1, 0.15) is 5.58 Å². The van der Waals surface area contributed by atoms with Crippen LogP contribution in [0.25, 0.3) is 17.0 Å². The van der Waals surface area contributed by atoms with E-state index in [1.54, 1.807) is 30.4 Å². The molecular weight excluding hydrogens is 248 g/mol. The average Bonchev–Trinajstić information content (AvgIpc) is 2.39. The summed E-state index contributed by atoms with van der Waals surface area (Å²) in [5, 5.41) is 17.8. The summed E-state index contributed by atoms with van der Waals surface area (Å²) in [5.74, 6) is -1.65. The van der Waals surface area contributed by atoms with Gasteiger partial charge < -0.3 is 14.6 Å². The molecule has 0 aliphatic heterocycles. The van der Waals surface area contributed by atoms with Crippen molar-refractivity contribution < 1.29 is 19.4 Å². The van der Waals surface area contributed by atoms with Gasteiger partial charge in [-0.15, -0.1) is 0 Å². The molecule has 0 aliphatic rings. The van der Waals surface area contributed by atoms with Crippen LogP contribution in [-0.2, 0) is 0 Å². The lowest BCUT2D eigenvalue weighted by Gasteiger charge is -2.00. The number of aromatic carboxylic acids is 1. The number of fused-ring (bicyclic) bond motifs is 1. The molecule has 0 bridgehead atoms. The van der Waals surface area contributed by atoms with Gasteiger partial charge in [0.05, 0.1) is 5.39 Å². The van der Waals surface area contributed by atoms with Crippen molar-refractivity contribution in [3.05, 3.63) is 51.9 Å². The van der Waals surface area contributed by atoms with Crippen LogP contribution in [-0.4, -0.2) is 22.8 Å². The molecule has 0 spiro atoms. The first-order valence-electron chi connectivity index (χ1n) is 5.70. The predicted molar refractivity (Wildman–Crippen MR) is 70.2 cm³/mol. The molecule has 0 aliphatic carbocycles. The maximum Gasteiger partial charge on any atom is 0.371 e. The molecular formula is C14H12O5. The van der Waals surface area contributed by atoms with Crippen LogP contribution < -0.4 is 5.43 Å². The lowest BCUT2D eigenvalue weighted by atomic mass is 10.1. The van der Waals surface area contributed by atoms with Crippen LogP contribution in [0.3, 0.4) is 0 Å². The number of carboxylic acid groups (broad SMARTS) is 1. The molecule has 2 rings (SSSR count). The zero-order chi connectivity index (χ0) is 13.8. The van der Waals surface area contributed by atoms with Gasteiger partial charge in [0, 0.05) is 12.7 Å². The van der Waals surface area contributed by atoms with Crippen molar-refractivity contribution in [2.75, 3.05) is 6.61 Å². The molecule has 0 amide bonds. The molecule has 0 fully saturated rings. The molecule has 98 valence electrons. The van der Waals surface area contributed by atoms with E-state index < -0.39 is 11.4 Å². The number of hydrogen-bond acceptors (Lipinski definition) is 4. The summed E-state index contributed by atoms with van der Waals surface area (Å²) in [6.45, 7) is 0.0637. The highest BCUT2D eigenvalue weighted by Crippen LogP contribution is 2.15. The summed E-state index contributed by atoms with van der Waals surface area (Å²) in [5.41, 5.74) is 0.636. The van der Waals surface area contributed by atoms with Crippen molar-refractivity contribution in [3.8, 4) is 0 Å². The highest BCUT2D eigenvalue weighted by Gasteiger charge is 2.10. The molecule has 19 heavy (non-hydrogen) atoms. The van der Waals surface area contributed by atoms with Crippen LogP contribution in [0.15, 0.2) is 39.6 Å². The number of hydrogen-bond donors (Lipinski definition) is 2. The normalized spacial score (nSPS) is 11.2. The van der Waals surface area contributed by atoms with E-state index in [4.69, 9.17) is 14.6 Å². The Kier molecular flexibility index (Phi) is 3.77. The molecule has 0 radical (unpaired) electrons. The van der Waals surface area contributed by atoms with Gasteiger partial charge in [-0.05, 0) is 24.1 Å². The van der Waals surface area contributed by atoms with E-state index in [1.807, 2.05) is 0 Å². The summed E-state index contributed by atoms with van der Waals surface area (Å²) in [7, 11) is 0. The van der Waals surface area contributed by atoms with Gasteiger partial charge in [-0.3, -0.25) is 4.79 Å². The third-order valence-electron chi connectivity index (χ3n) is 2.57. The molecule has 0 saturated carbocycles. The van der Waals surface area contributed by atoms with Crippen LogP contribution in [0.4, 0.5) is 0 Å². The Balaban J connectivity index is 2.49. The highest BCUT2D eigenvalue weighted by molar-refractivity contribution is 5.88. The largest absolute Gasteiger partial charge is 0.475 e. The van der Waals surface area contributed by atoms with E-state index in [0.29, 0.717) is 11.8 Å². The van der Waals surface area contributed by atoms with Gasteiger partial charge in [0.15, 0.2) is 5.43 Å². The third kappa shape index (κ3) is 2.89. The molecule has 5 heteroatoms. The van der Waals surface area contributed by atoms with Gasteiger partial charge >= 0.3 is 5.97 Å². The molecule has 0 atom stereocenters. The molecule has 0 saturated heterocycles. The van der Waals surface area contributed by atoms with E-state index in [1.165, 1.54) is 0 Å². The summed E-state index contributed by atoms with van der Waals surface area (Å²) < 4.78 is 5.12. The lowest BCUT2D eigenvalue weighted by molar-refractivity contribution is 0.0663. The van der Waals surface area contributed by atoms with Crippen molar-refractivity contribution in [1.29, 1.82) is 0 Å². The van der Waals surface area contributed by atoms with Gasteiger partial charge in [-0.1, -0.05) is 18.2 Å². The van der Waals surface area contributed by atoms with Gasteiger partial charge in [-0.25, -0.2) is 4.79 Å². The Hall–Kier alpha value is -2.40. The lowest BCUT2D eigenvalue weighted by Crippen LogP contribution is -2.06. The van der Waals surface area contributed by atoms with Gasteiger partial charge in [0.25, 0.3) is 0 Å². The van der Waals surface area contributed by atoms with Crippen molar-refractivity contribution in [2.45, 2.75) is 6.42 Å². The minimum absolute atomic E-state index is 0.0637. The summed E-state index contributed by atoms with van der Waals surface area (Å²) in [4.78, 5) is 22.6. The number of aliphatic hydroxyl groups excluding tert-OH is 1. The van der Waals surface area contributed by atoms with E-state index in [9.17, 15) is 9.59 Å². The Morgan fingerprint density at radius 2 is 2.11 bits per heavy atom. The Bertz CT molecular complexity index is 697. The fourth-order valence-corrected chi connectivity index (χ4v) is 1.68. The molecule has 0 unspecified atom stereocenters. The second-order valence-corrected chi connectivity index (χ2v) is 3.95. The zero-order valence-corrected chi connectivity index (χ0v) is 10.00. The van der Waals surface area contributed by atoms with E-state index >= 15 is 0 Å². The topological polar surface area (TPSA) is 87.7 Å². The molecule has 5 nitrogen and oxygen atoms in total. The van der Waals surface area contributed by atoms with Crippen LogP contribution in [0, 0.1) is 0 Å². The maximum atomic E-state index is 11.8. The Labute approximate surface area is 108 Å². The minimum atomic E-state index is -1.27. The molecule has 2 aromatic rings. The van der Waals surface area contributed by atoms with Gasteiger partial charge in [0.2, 0.25) is 5.76 Å². The molecule has 1 aromatic carbocycles. The van der Waals surface area contributed by atoms with Crippen LogP contribution in [0.2, 0.25) is 0 Å². The fourth-order valence-electron chi connectivity index (χ4n) is 1.68. The number of aliphatic hydroxyl groups is 1. The van der Waals surface area contributed by atoms with Crippen molar-refractivity contribution in [3.63, 3.8) is 0 Å². The third-order valence-corrected chi connectivity index (χ3v) is 2.57. The Morgan fingerprint density at radius 3 is 2.79 bits per heavy atom. The molecule has 2 N–H and O–H groups in total. The maximum absolute atomic E-state index is 11.8. The van der Waals surface area contributed by atoms with E-state index in [0.717, 1.165) is 11.6 Å². The first kappa shape index (κ1) is 13.0. The highest BCUT2D eigenvalue weighted by atomic mass is 16.4. The zero-order valence-electron chi connectivity index (χ0n) is 10.00. The predicted octanol–water partition coefficient (Wildman–Crippen LogP) is 1.89. The van der Waals surface area contributed by atoms with Crippen LogP contribution in [0.5, 0.6) is 0 Å². The van der Waals surface area contributed by atoms with Crippen LogP contribution in [0.1, 0.15) is 22.5 Å². The fraction of sp³-hybridized carbons (Fsp3) is 0.143. The minimum Gasteiger partial charge on any atom is -0.475 e. The first-order valence-corrected chi connectivity index (χ1v) is 5.70. The second kappa shape index (κ2) is 5.49. The van der Waals surface area contributed by atoms with Crippen molar-refractivity contribution in [2.24, 2.45) is 0 Å². The smallest absolute Gasteiger partial charge is 0.371 e. The molecule has 1 heterocycles. The second-order valence-electron chi connectivity index (χ2n) is 3.95. The summed E-state index contributed by atoms with van der Waals surface area (Å²) in [6.07, 6.45) is 4.10. The average molecular weight is 260 g/mol. The number of carbonyl (C=O) groups is 1. The van der Waals surface area contributed by atoms with E-state index in [2.05, 4.69) is 0 Å². The number of benzene rings is 1. The monoisotopic (exact) mass is 260 g/mol. The van der Waals surface area contributed by atoms with Crippen molar-refractivity contribution in [1.82, 2.24) is 0 Å². The summed E-state index contributed by atoms with van der Waals surface area (Å²) >= 11 is 0. The van der Waals surface area contributed by atoms with Gasteiger partial charge in [-0.2, -0.15) is 0 Å². The SMILES string of the molecule is O=C(O)c1cc(=O)c2cc(C=CCCO)ccc2o1. The molecule has 1 aromatic heterocycles. The summed E-state index contributed by atoms with van der Waals surface area (Å²) in [6, 6.07) is 5.86. The quantitative estimate of drug-likeness (QED) is 0.876. The standard InChI is InChI=1S/C14H12O5/c15-6-2-1-3-9-4-5-12-10(7-9)11(16)8-13(19-12)14(17)18/h1,3-5,7-8,15H,2,6H2,(H,17,18). The van der Waals surface area contributed by atoms with E-state index in [-0.39, 0.29) is 18.0 Å². The van der Waals surface area contributed by atoms with Crippen LogP contribution >= 0.6 is 0 Å². The number of rotatable bonds is 4. The van der Waals surface area contributed by atoms with Crippen molar-refractivity contribution >= 4 is 23.0 Å². The Morgan fingerprint density at radius 1 is 1.32 bits per heavy atom. The first-order chi connectivity index (χ1) is 9.11. The number of carboxylic acids is 1.